The first-order valence-corrected chi connectivity index (χ1v) is 4.75. The van der Waals surface area contributed by atoms with Crippen LogP contribution in [0.5, 0.6) is 0 Å². The zero-order valence-corrected chi connectivity index (χ0v) is 9.48. The highest BCUT2D eigenvalue weighted by atomic mass is 16.5. The average molecular weight is 211 g/mol. The van der Waals surface area contributed by atoms with Gasteiger partial charge in [-0.2, -0.15) is 0 Å². The van der Waals surface area contributed by atoms with Gasteiger partial charge < -0.3 is 21.2 Å². The lowest BCUT2D eigenvalue weighted by molar-refractivity contribution is -0.577. The number of nitrogens with zero attached hydrogens (tertiary/aromatic N) is 3. The van der Waals surface area contributed by atoms with Crippen molar-refractivity contribution in [3.8, 4) is 0 Å². The number of hydrogen-bond donors (Lipinski definition) is 2. The second-order valence-electron chi connectivity index (χ2n) is 3.85. The van der Waals surface area contributed by atoms with Gasteiger partial charge in [0.1, 0.15) is 0 Å². The smallest absolute Gasteiger partial charge is 0.346 e. The highest BCUT2D eigenvalue weighted by Crippen LogP contribution is 2.13. The fraction of sp³-hybridized carbons (Fsp3) is 0.556. The lowest BCUT2D eigenvalue weighted by Crippen LogP contribution is -2.37. The van der Waals surface area contributed by atoms with Gasteiger partial charge in [0.2, 0.25) is 0 Å². The molecule has 0 saturated heterocycles. The van der Waals surface area contributed by atoms with Crippen LogP contribution >= 0.6 is 0 Å². The molecule has 6 nitrogen and oxygen atoms in total. The quantitative estimate of drug-likeness (QED) is 0.550. The van der Waals surface area contributed by atoms with Crippen molar-refractivity contribution < 1.29 is 4.73 Å². The molecular formula is C9H17N5O. The molecule has 3 N–H and O–H groups in total. The third kappa shape index (κ3) is 2.61. The van der Waals surface area contributed by atoms with E-state index in [1.54, 1.807) is 11.0 Å². The molecule has 0 amide bonds. The maximum absolute atomic E-state index is 11.5. The van der Waals surface area contributed by atoms with E-state index in [1.165, 1.54) is 0 Å². The highest BCUT2D eigenvalue weighted by molar-refractivity contribution is 5.47. The van der Waals surface area contributed by atoms with E-state index in [1.807, 2.05) is 27.9 Å². The molecule has 0 aliphatic heterocycles. The number of anilines is 3. The van der Waals surface area contributed by atoms with Crippen molar-refractivity contribution >= 4 is 17.6 Å². The maximum atomic E-state index is 11.5. The fourth-order valence-electron chi connectivity index (χ4n) is 1.12. The van der Waals surface area contributed by atoms with E-state index in [0.29, 0.717) is 16.4 Å². The molecule has 1 aromatic heterocycles. The predicted molar refractivity (Wildman–Crippen MR) is 60.7 cm³/mol. The molecule has 1 aromatic rings. The lowest BCUT2D eigenvalue weighted by atomic mass is 10.4. The first-order chi connectivity index (χ1) is 6.91. The Labute approximate surface area is 89.3 Å². The zero-order valence-electron chi connectivity index (χ0n) is 9.48. The summed E-state index contributed by atoms with van der Waals surface area (Å²) in [6, 6.07) is 1.84. The summed E-state index contributed by atoms with van der Waals surface area (Å²) in [5, 5.41) is 14.5. The van der Waals surface area contributed by atoms with Gasteiger partial charge in [0, 0.05) is 14.1 Å². The van der Waals surface area contributed by atoms with Gasteiger partial charge in [0.05, 0.1) is 12.1 Å². The van der Waals surface area contributed by atoms with Gasteiger partial charge in [0.25, 0.3) is 0 Å². The van der Waals surface area contributed by atoms with Crippen molar-refractivity contribution in [2.24, 2.45) is 0 Å². The molecule has 1 heterocycles. The molecule has 0 radical (unpaired) electrons. The van der Waals surface area contributed by atoms with Crippen molar-refractivity contribution in [3.63, 3.8) is 0 Å². The average Bonchev–Trinajstić information content (AvgIpc) is 2.11. The van der Waals surface area contributed by atoms with Gasteiger partial charge in [-0.1, -0.05) is 4.98 Å². The van der Waals surface area contributed by atoms with Crippen LogP contribution in [0.4, 0.5) is 17.6 Å². The SMILES string of the molecule is CC(C)Nc1cc(N(C)C)nc(N)[n+]1[O-]. The molecule has 84 valence electrons. The van der Waals surface area contributed by atoms with E-state index >= 15 is 0 Å². The van der Waals surface area contributed by atoms with Gasteiger partial charge in [-0.3, -0.25) is 0 Å². The second-order valence-corrected chi connectivity index (χ2v) is 3.85. The Morgan fingerprint density at radius 1 is 1.53 bits per heavy atom. The Morgan fingerprint density at radius 3 is 2.60 bits per heavy atom. The monoisotopic (exact) mass is 211 g/mol. The number of hydrogen-bond acceptors (Lipinski definition) is 5. The van der Waals surface area contributed by atoms with Crippen LogP contribution in [0.15, 0.2) is 6.07 Å². The Kier molecular flexibility index (Phi) is 3.18. The van der Waals surface area contributed by atoms with E-state index in [-0.39, 0.29) is 12.0 Å². The molecule has 1 rings (SSSR count). The molecule has 0 fully saturated rings. The van der Waals surface area contributed by atoms with Gasteiger partial charge in [-0.15, -0.1) is 0 Å². The molecule has 0 aliphatic rings. The molecule has 0 aliphatic carbocycles. The minimum atomic E-state index is -0.0515. The van der Waals surface area contributed by atoms with Crippen molar-refractivity contribution in [1.29, 1.82) is 0 Å². The normalized spacial score (nSPS) is 10.5. The summed E-state index contributed by atoms with van der Waals surface area (Å²) < 4.78 is 0.590. The first-order valence-electron chi connectivity index (χ1n) is 4.75. The van der Waals surface area contributed by atoms with E-state index < -0.39 is 0 Å². The van der Waals surface area contributed by atoms with E-state index in [2.05, 4.69) is 10.3 Å². The van der Waals surface area contributed by atoms with Crippen LogP contribution in [0.1, 0.15) is 13.8 Å². The van der Waals surface area contributed by atoms with E-state index in [0.717, 1.165) is 0 Å². The lowest BCUT2D eigenvalue weighted by Gasteiger charge is -2.18. The summed E-state index contributed by atoms with van der Waals surface area (Å²) in [7, 11) is 3.69. The number of rotatable bonds is 3. The highest BCUT2D eigenvalue weighted by Gasteiger charge is 2.12. The van der Waals surface area contributed by atoms with Gasteiger partial charge in [0.15, 0.2) is 11.6 Å². The summed E-state index contributed by atoms with van der Waals surface area (Å²) in [6.07, 6.45) is 0. The van der Waals surface area contributed by atoms with Crippen molar-refractivity contribution in [1.82, 2.24) is 4.98 Å². The molecule has 0 saturated carbocycles. The van der Waals surface area contributed by atoms with Crippen LogP contribution in [0.2, 0.25) is 0 Å². The third-order valence-electron chi connectivity index (χ3n) is 1.82. The molecular weight excluding hydrogens is 194 g/mol. The molecule has 6 heteroatoms. The van der Waals surface area contributed by atoms with Crippen LogP contribution in [0.3, 0.4) is 0 Å². The van der Waals surface area contributed by atoms with Gasteiger partial charge in [-0.05, 0) is 13.8 Å². The fourth-order valence-corrected chi connectivity index (χ4v) is 1.12. The zero-order chi connectivity index (χ0) is 11.6. The molecule has 0 spiro atoms. The standard InChI is InChI=1S/C9H17N5O/c1-6(2)11-8-5-7(13(3)4)12-9(10)14(8)15/h5-6,11H,1-4H3,(H2,10,12). The Morgan fingerprint density at radius 2 is 2.13 bits per heavy atom. The van der Waals surface area contributed by atoms with Crippen LogP contribution in [0.25, 0.3) is 0 Å². The van der Waals surface area contributed by atoms with Crippen molar-refractivity contribution in [3.05, 3.63) is 11.3 Å². The Balaban J connectivity index is 3.13. The van der Waals surface area contributed by atoms with Gasteiger partial charge >= 0.3 is 5.95 Å². The summed E-state index contributed by atoms with van der Waals surface area (Å²) in [5.41, 5.74) is 5.51. The molecule has 15 heavy (non-hydrogen) atoms. The second kappa shape index (κ2) is 4.20. The topological polar surface area (TPSA) is 81.1 Å². The van der Waals surface area contributed by atoms with E-state index in [9.17, 15) is 5.21 Å². The number of aromatic nitrogens is 2. The molecule has 0 bridgehead atoms. The summed E-state index contributed by atoms with van der Waals surface area (Å²) in [6.45, 7) is 3.90. The molecule has 0 unspecified atom stereocenters. The summed E-state index contributed by atoms with van der Waals surface area (Å²) in [5.74, 6) is 1.02. The van der Waals surface area contributed by atoms with Crippen LogP contribution in [-0.2, 0) is 0 Å². The predicted octanol–water partition coefficient (Wildman–Crippen LogP) is 0.184. The molecule has 0 atom stereocenters. The number of nitrogens with one attached hydrogen (secondary N) is 1. The van der Waals surface area contributed by atoms with Crippen molar-refractivity contribution in [2.45, 2.75) is 19.9 Å². The number of nitrogen functional groups attached to an aromatic ring is 1. The summed E-state index contributed by atoms with van der Waals surface area (Å²) in [4.78, 5) is 5.75. The maximum Gasteiger partial charge on any atom is 0.346 e. The minimum absolute atomic E-state index is 0.0515. The largest absolute Gasteiger partial charge is 0.754 e. The van der Waals surface area contributed by atoms with Gasteiger partial charge in [-0.25, -0.2) is 4.73 Å². The van der Waals surface area contributed by atoms with Crippen molar-refractivity contribution in [2.75, 3.05) is 30.0 Å². The van der Waals surface area contributed by atoms with E-state index in [4.69, 9.17) is 5.73 Å². The van der Waals surface area contributed by atoms with Crippen LogP contribution in [-0.4, -0.2) is 25.1 Å². The summed E-state index contributed by atoms with van der Waals surface area (Å²) >= 11 is 0. The van der Waals surface area contributed by atoms with Crippen LogP contribution in [0, 0.1) is 5.21 Å². The minimum Gasteiger partial charge on any atom is -0.754 e. The van der Waals surface area contributed by atoms with Crippen LogP contribution < -0.4 is 20.7 Å². The number of nitrogens with two attached hydrogens (primary N) is 1. The third-order valence-corrected chi connectivity index (χ3v) is 1.82. The Bertz CT molecular complexity index is 351. The Hall–Kier alpha value is -1.72. The first kappa shape index (κ1) is 11.4. The molecule has 0 aromatic carbocycles.